The number of piperidine rings is 1. The summed E-state index contributed by atoms with van der Waals surface area (Å²) < 4.78 is 34.0. The molecule has 47 heavy (non-hydrogen) atoms. The number of rotatable bonds is 11. The van der Waals surface area contributed by atoms with Gasteiger partial charge in [-0.2, -0.15) is 0 Å². The number of imidazole rings is 1. The molecule has 4 aromatic rings. The van der Waals surface area contributed by atoms with Crippen molar-refractivity contribution >= 4 is 22.8 Å². The number of nitrogens with zero attached hydrogens (tertiary/aromatic N) is 4. The van der Waals surface area contributed by atoms with Crippen LogP contribution >= 0.6 is 0 Å². The average molecular weight is 643 g/mol. The number of halogens is 1. The Labute approximate surface area is 272 Å². The van der Waals surface area contributed by atoms with Gasteiger partial charge >= 0.3 is 5.97 Å². The second-order valence-electron chi connectivity index (χ2n) is 12.7. The van der Waals surface area contributed by atoms with Crippen molar-refractivity contribution in [1.82, 2.24) is 19.4 Å². The molecule has 3 saturated heterocycles. The number of carbonyl (C=O) groups is 2. The fraction of sp³-hybridized carbons (Fsp3) is 0.444. The summed E-state index contributed by atoms with van der Waals surface area (Å²) in [6, 6.07) is 15.4. The molecule has 0 radical (unpaired) electrons. The largest absolute Gasteiger partial charge is 0.478 e. The number of Topliss-reactive ketones (excluding diaryl/α,β-unsaturated/α-hetero) is 1. The van der Waals surface area contributed by atoms with Crippen molar-refractivity contribution in [2.24, 2.45) is 5.92 Å². The van der Waals surface area contributed by atoms with Crippen LogP contribution in [-0.4, -0.2) is 75.3 Å². The zero-order valence-corrected chi connectivity index (χ0v) is 26.3. The van der Waals surface area contributed by atoms with E-state index in [9.17, 15) is 19.1 Å². The molecule has 3 aliphatic heterocycles. The van der Waals surface area contributed by atoms with Crippen molar-refractivity contribution in [2.75, 3.05) is 32.9 Å². The van der Waals surface area contributed by atoms with Crippen LogP contribution < -0.4 is 4.74 Å². The van der Waals surface area contributed by atoms with E-state index in [1.54, 1.807) is 36.4 Å². The first-order chi connectivity index (χ1) is 22.9. The van der Waals surface area contributed by atoms with Crippen molar-refractivity contribution in [3.05, 3.63) is 88.6 Å². The number of hydrogen-bond acceptors (Lipinski definition) is 8. The minimum atomic E-state index is -0.952. The normalized spacial score (nSPS) is 19.5. The van der Waals surface area contributed by atoms with Gasteiger partial charge in [-0.1, -0.05) is 18.2 Å². The Morgan fingerprint density at radius 3 is 2.45 bits per heavy atom. The molecule has 11 heteroatoms. The summed E-state index contributed by atoms with van der Waals surface area (Å²) in [6.45, 7) is 4.96. The Morgan fingerprint density at radius 2 is 1.72 bits per heavy atom. The summed E-state index contributed by atoms with van der Waals surface area (Å²) in [5.74, 6) is 0.0680. The number of hydrogen-bond donors (Lipinski definition) is 1. The van der Waals surface area contributed by atoms with Gasteiger partial charge in [0, 0.05) is 54.5 Å². The smallest absolute Gasteiger partial charge is 0.335 e. The van der Waals surface area contributed by atoms with Gasteiger partial charge in [0.25, 0.3) is 0 Å². The molecule has 0 bridgehead atoms. The maximum absolute atomic E-state index is 14.9. The van der Waals surface area contributed by atoms with Crippen LogP contribution in [0.4, 0.5) is 4.39 Å². The summed E-state index contributed by atoms with van der Waals surface area (Å²) in [6.07, 6.45) is 4.28. The van der Waals surface area contributed by atoms with Crippen LogP contribution in [0.5, 0.6) is 5.88 Å². The lowest BCUT2D eigenvalue weighted by Crippen LogP contribution is -2.35. The molecule has 1 N–H and O–H groups in total. The quantitative estimate of drug-likeness (QED) is 0.208. The Hall–Kier alpha value is -4.19. The van der Waals surface area contributed by atoms with E-state index in [1.165, 1.54) is 6.07 Å². The molecule has 0 amide bonds. The van der Waals surface area contributed by atoms with Crippen LogP contribution in [0.25, 0.3) is 11.0 Å². The van der Waals surface area contributed by atoms with E-state index < -0.39 is 11.8 Å². The van der Waals surface area contributed by atoms with Crippen LogP contribution in [0, 0.1) is 11.7 Å². The summed E-state index contributed by atoms with van der Waals surface area (Å²) in [4.78, 5) is 36.4. The number of carbonyl (C=O) groups excluding carboxylic acids is 1. The Kier molecular flexibility index (Phi) is 9.28. The molecule has 2 aromatic carbocycles. The third-order valence-electron chi connectivity index (χ3n) is 9.68. The molecule has 0 saturated carbocycles. The monoisotopic (exact) mass is 642 g/mol. The lowest BCUT2D eigenvalue weighted by Gasteiger charge is -2.32. The molecule has 5 heterocycles. The van der Waals surface area contributed by atoms with Gasteiger partial charge in [0.15, 0.2) is 5.78 Å². The molecule has 7 rings (SSSR count). The van der Waals surface area contributed by atoms with Crippen LogP contribution in [0.2, 0.25) is 0 Å². The molecule has 0 spiro atoms. The van der Waals surface area contributed by atoms with Gasteiger partial charge in [-0.3, -0.25) is 9.69 Å². The van der Waals surface area contributed by atoms with Crippen LogP contribution in [0.15, 0.2) is 54.6 Å². The molecule has 2 aromatic heterocycles. The van der Waals surface area contributed by atoms with Gasteiger partial charge in [0.2, 0.25) is 5.88 Å². The fourth-order valence-electron chi connectivity index (χ4n) is 6.75. The number of benzene rings is 2. The molecule has 1 atom stereocenters. The summed E-state index contributed by atoms with van der Waals surface area (Å²) >= 11 is 0. The van der Waals surface area contributed by atoms with Crippen molar-refractivity contribution in [3.8, 4) is 5.88 Å². The van der Waals surface area contributed by atoms with Gasteiger partial charge in [0.1, 0.15) is 18.2 Å². The number of ether oxygens (including phenoxy) is 3. The Morgan fingerprint density at radius 1 is 0.936 bits per heavy atom. The van der Waals surface area contributed by atoms with E-state index in [0.29, 0.717) is 56.2 Å². The van der Waals surface area contributed by atoms with E-state index >= 15 is 0 Å². The predicted molar refractivity (Wildman–Crippen MR) is 171 cm³/mol. The molecule has 1 unspecified atom stereocenters. The SMILES string of the molecule is O=C(O)c1ccc2nc(CN3CCC(c4cccc(OCc5ccc(C(=O)C6CCOCC6)cc5F)n4)CC3)n(CC3CCO3)c2c1. The summed E-state index contributed by atoms with van der Waals surface area (Å²) in [5.41, 5.74) is 3.59. The maximum Gasteiger partial charge on any atom is 0.335 e. The number of likely N-dealkylation sites (tertiary alicyclic amines) is 1. The van der Waals surface area contributed by atoms with Crippen LogP contribution in [0.1, 0.15) is 75.8 Å². The minimum absolute atomic E-state index is 0.0212. The highest BCUT2D eigenvalue weighted by atomic mass is 19.1. The van der Waals surface area contributed by atoms with Gasteiger partial charge in [-0.15, -0.1) is 0 Å². The lowest BCUT2D eigenvalue weighted by molar-refractivity contribution is -0.0592. The first-order valence-corrected chi connectivity index (χ1v) is 16.5. The van der Waals surface area contributed by atoms with E-state index in [-0.39, 0.29) is 35.9 Å². The average Bonchev–Trinajstić information content (AvgIpc) is 3.42. The van der Waals surface area contributed by atoms with Gasteiger partial charge in [-0.05, 0) is 75.5 Å². The fourth-order valence-corrected chi connectivity index (χ4v) is 6.75. The number of fused-ring (bicyclic) bond motifs is 1. The van der Waals surface area contributed by atoms with E-state index in [0.717, 1.165) is 61.5 Å². The van der Waals surface area contributed by atoms with Crippen LogP contribution in [0.3, 0.4) is 0 Å². The number of carboxylic acids is 1. The number of ketones is 1. The first kappa shape index (κ1) is 31.4. The topological polar surface area (TPSA) is 116 Å². The van der Waals surface area contributed by atoms with Gasteiger partial charge in [0.05, 0.1) is 35.8 Å². The first-order valence-electron chi connectivity index (χ1n) is 16.5. The van der Waals surface area contributed by atoms with Crippen LogP contribution in [-0.2, 0) is 29.2 Å². The molecule has 10 nitrogen and oxygen atoms in total. The number of pyridine rings is 1. The van der Waals surface area contributed by atoms with E-state index in [4.69, 9.17) is 24.2 Å². The Bertz CT molecular complexity index is 1760. The zero-order chi connectivity index (χ0) is 32.3. The molecule has 246 valence electrons. The van der Waals surface area contributed by atoms with Crippen molar-refractivity contribution in [2.45, 2.75) is 63.8 Å². The van der Waals surface area contributed by atoms with Crippen molar-refractivity contribution < 1.29 is 33.3 Å². The molecular weight excluding hydrogens is 603 g/mol. The number of aromatic nitrogens is 3. The van der Waals surface area contributed by atoms with Gasteiger partial charge < -0.3 is 23.9 Å². The van der Waals surface area contributed by atoms with E-state index in [2.05, 4.69) is 9.47 Å². The highest BCUT2D eigenvalue weighted by Crippen LogP contribution is 2.30. The van der Waals surface area contributed by atoms with Gasteiger partial charge in [-0.25, -0.2) is 19.2 Å². The summed E-state index contributed by atoms with van der Waals surface area (Å²) in [7, 11) is 0. The minimum Gasteiger partial charge on any atom is -0.478 e. The second kappa shape index (κ2) is 13.9. The number of aromatic carboxylic acids is 1. The molecule has 3 aliphatic rings. The van der Waals surface area contributed by atoms with E-state index in [1.807, 2.05) is 12.1 Å². The second-order valence-corrected chi connectivity index (χ2v) is 12.7. The third-order valence-corrected chi connectivity index (χ3v) is 9.68. The van der Waals surface area contributed by atoms with Crippen molar-refractivity contribution in [1.29, 1.82) is 0 Å². The molecule has 0 aliphatic carbocycles. The predicted octanol–water partition coefficient (Wildman–Crippen LogP) is 5.63. The third kappa shape index (κ3) is 7.07. The van der Waals surface area contributed by atoms with Crippen molar-refractivity contribution in [3.63, 3.8) is 0 Å². The maximum atomic E-state index is 14.9. The standard InChI is InChI=1S/C36H39FN4O6/c37-29-18-25(35(42)24-10-15-45-16-11-24)4-5-27(29)22-47-34-3-1-2-30(39-34)23-8-13-40(14-9-23)21-33-38-31-7-6-26(36(43)44)19-32(31)41(33)20-28-12-17-46-28/h1-7,18-19,23-24,28H,8-17,20-22H2,(H,43,44). The molecular formula is C36H39FN4O6. The lowest BCUT2D eigenvalue weighted by atomic mass is 9.90. The highest BCUT2D eigenvalue weighted by molar-refractivity contribution is 5.98. The number of carboxylic acid groups (broad SMARTS) is 1. The Balaban J connectivity index is 0.961. The summed E-state index contributed by atoms with van der Waals surface area (Å²) in [5, 5.41) is 9.53. The highest BCUT2D eigenvalue weighted by Gasteiger charge is 2.27. The zero-order valence-electron chi connectivity index (χ0n) is 26.3. The molecule has 3 fully saturated rings.